The van der Waals surface area contributed by atoms with Crippen LogP contribution >= 0.6 is 0 Å². The lowest BCUT2D eigenvalue weighted by molar-refractivity contribution is -0.136. The van der Waals surface area contributed by atoms with Gasteiger partial charge in [0.2, 0.25) is 5.91 Å². The molecule has 0 saturated carbocycles. The topological polar surface area (TPSA) is 79.3 Å². The first-order chi connectivity index (χ1) is 11.5. The van der Waals surface area contributed by atoms with E-state index in [1.54, 1.807) is 36.9 Å². The van der Waals surface area contributed by atoms with Crippen molar-refractivity contribution in [2.45, 2.75) is 26.1 Å². The number of hydrogen-bond acceptors (Lipinski definition) is 5. The highest BCUT2D eigenvalue weighted by Crippen LogP contribution is 2.36. The number of ether oxygens (including phenoxy) is 2. The van der Waals surface area contributed by atoms with Crippen LogP contribution in [0.3, 0.4) is 0 Å². The van der Waals surface area contributed by atoms with E-state index >= 15 is 0 Å². The van der Waals surface area contributed by atoms with Crippen LogP contribution in [-0.4, -0.2) is 60.8 Å². The molecule has 1 aromatic carbocycles. The number of aliphatic hydroxyl groups excluding tert-OH is 1. The first-order valence-corrected chi connectivity index (χ1v) is 8.13. The minimum Gasteiger partial charge on any atom is -0.479 e. The number of rotatable bonds is 3. The zero-order chi connectivity index (χ0) is 17.3. The van der Waals surface area contributed by atoms with Crippen LogP contribution < -0.4 is 9.64 Å². The van der Waals surface area contributed by atoms with Gasteiger partial charge in [-0.25, -0.2) is 0 Å². The zero-order valence-electron chi connectivity index (χ0n) is 13.9. The predicted octanol–water partition coefficient (Wildman–Crippen LogP) is 0.713. The van der Waals surface area contributed by atoms with Gasteiger partial charge in [-0.1, -0.05) is 6.07 Å². The Labute approximate surface area is 140 Å². The van der Waals surface area contributed by atoms with Gasteiger partial charge in [-0.2, -0.15) is 0 Å². The molecule has 2 amide bonds. The highest BCUT2D eigenvalue weighted by molar-refractivity contribution is 6.03. The van der Waals surface area contributed by atoms with E-state index in [0.29, 0.717) is 43.3 Å². The summed E-state index contributed by atoms with van der Waals surface area (Å²) in [5, 5.41) is 9.78. The Hall–Kier alpha value is -2.12. The summed E-state index contributed by atoms with van der Waals surface area (Å²) in [6.07, 6.45) is -1.31. The summed E-state index contributed by atoms with van der Waals surface area (Å²) < 4.78 is 10.9. The first-order valence-electron chi connectivity index (χ1n) is 8.13. The van der Waals surface area contributed by atoms with Gasteiger partial charge in [0.05, 0.1) is 25.0 Å². The van der Waals surface area contributed by atoms with Crippen molar-refractivity contribution in [1.29, 1.82) is 0 Å². The summed E-state index contributed by atoms with van der Waals surface area (Å²) in [5.41, 5.74) is 1.20. The summed E-state index contributed by atoms with van der Waals surface area (Å²) in [5.74, 6) is 0.169. The average Bonchev–Trinajstić information content (AvgIpc) is 2.59. The summed E-state index contributed by atoms with van der Waals surface area (Å²) in [6, 6.07) is 5.19. The van der Waals surface area contributed by atoms with Crippen molar-refractivity contribution in [3.8, 4) is 5.75 Å². The van der Waals surface area contributed by atoms with Crippen LogP contribution in [0.15, 0.2) is 18.2 Å². The molecule has 1 saturated heterocycles. The normalized spacial score (nSPS) is 22.0. The number of nitrogens with zero attached hydrogens (tertiary/aromatic N) is 2. The summed E-state index contributed by atoms with van der Waals surface area (Å²) in [6.45, 7) is 5.38. The van der Waals surface area contributed by atoms with E-state index in [-0.39, 0.29) is 18.4 Å². The van der Waals surface area contributed by atoms with Crippen molar-refractivity contribution in [2.24, 2.45) is 0 Å². The van der Waals surface area contributed by atoms with E-state index < -0.39 is 12.2 Å². The fourth-order valence-electron chi connectivity index (χ4n) is 2.89. The lowest BCUT2D eigenvalue weighted by atomic mass is 10.1. The van der Waals surface area contributed by atoms with Crippen molar-refractivity contribution >= 4 is 17.5 Å². The first kappa shape index (κ1) is 16.7. The van der Waals surface area contributed by atoms with Crippen LogP contribution in [0.25, 0.3) is 0 Å². The van der Waals surface area contributed by atoms with Gasteiger partial charge in [-0.05, 0) is 31.5 Å². The van der Waals surface area contributed by atoms with E-state index in [1.165, 1.54) is 4.90 Å². The van der Waals surface area contributed by atoms with Gasteiger partial charge in [0.25, 0.3) is 5.91 Å². The second-order valence-corrected chi connectivity index (χ2v) is 6.08. The molecule has 2 atom stereocenters. The molecule has 7 heteroatoms. The fourth-order valence-corrected chi connectivity index (χ4v) is 2.89. The quantitative estimate of drug-likeness (QED) is 0.881. The molecule has 2 aliphatic rings. The molecule has 2 aliphatic heterocycles. The van der Waals surface area contributed by atoms with Gasteiger partial charge in [0.1, 0.15) is 12.3 Å². The molecule has 1 fully saturated rings. The second-order valence-electron chi connectivity index (χ2n) is 6.08. The van der Waals surface area contributed by atoms with E-state index in [2.05, 4.69) is 0 Å². The number of carbonyl (C=O) groups is 2. The van der Waals surface area contributed by atoms with Gasteiger partial charge in [-0.15, -0.1) is 0 Å². The van der Waals surface area contributed by atoms with Crippen molar-refractivity contribution < 1.29 is 24.2 Å². The van der Waals surface area contributed by atoms with Gasteiger partial charge >= 0.3 is 0 Å². The Kier molecular flexibility index (Phi) is 4.73. The number of anilines is 1. The zero-order valence-corrected chi connectivity index (χ0v) is 13.9. The van der Waals surface area contributed by atoms with Crippen LogP contribution in [0.4, 0.5) is 5.69 Å². The second kappa shape index (κ2) is 6.78. The van der Waals surface area contributed by atoms with E-state index in [0.717, 1.165) is 0 Å². The Morgan fingerprint density at radius 1 is 1.38 bits per heavy atom. The SMILES string of the molecule is C[C@H](O)c1ccc2c(c1)N(CC(=O)N1CCOCC1)C(=O)[C@@H](C)O2. The summed E-state index contributed by atoms with van der Waals surface area (Å²) >= 11 is 0. The number of morpholine rings is 1. The minimum absolute atomic E-state index is 0.0389. The molecule has 0 aliphatic carbocycles. The maximum Gasteiger partial charge on any atom is 0.268 e. The highest BCUT2D eigenvalue weighted by atomic mass is 16.5. The van der Waals surface area contributed by atoms with E-state index in [4.69, 9.17) is 9.47 Å². The lowest BCUT2D eigenvalue weighted by Crippen LogP contribution is -2.51. The molecular weight excluding hydrogens is 312 g/mol. The number of hydrogen-bond donors (Lipinski definition) is 1. The number of fused-ring (bicyclic) bond motifs is 1. The lowest BCUT2D eigenvalue weighted by Gasteiger charge is -2.35. The molecule has 1 aromatic rings. The Balaban J connectivity index is 1.87. The maximum absolute atomic E-state index is 12.5. The molecule has 24 heavy (non-hydrogen) atoms. The largest absolute Gasteiger partial charge is 0.479 e. The molecule has 0 aromatic heterocycles. The smallest absolute Gasteiger partial charge is 0.268 e. The van der Waals surface area contributed by atoms with Crippen LogP contribution in [0.1, 0.15) is 25.5 Å². The minimum atomic E-state index is -0.665. The molecular formula is C17H22N2O5. The van der Waals surface area contributed by atoms with Gasteiger partial charge < -0.3 is 19.5 Å². The maximum atomic E-state index is 12.5. The van der Waals surface area contributed by atoms with Gasteiger partial charge in [-0.3, -0.25) is 14.5 Å². The Morgan fingerprint density at radius 2 is 2.08 bits per heavy atom. The number of carbonyl (C=O) groups excluding carboxylic acids is 2. The van der Waals surface area contributed by atoms with Gasteiger partial charge in [0, 0.05) is 13.1 Å². The molecule has 0 bridgehead atoms. The van der Waals surface area contributed by atoms with Gasteiger partial charge in [0.15, 0.2) is 6.10 Å². The third-order valence-electron chi connectivity index (χ3n) is 4.33. The molecule has 0 radical (unpaired) electrons. The molecule has 7 nitrogen and oxygen atoms in total. The summed E-state index contributed by atoms with van der Waals surface area (Å²) in [7, 11) is 0. The van der Waals surface area contributed by atoms with E-state index in [9.17, 15) is 14.7 Å². The van der Waals surface area contributed by atoms with E-state index in [1.807, 2.05) is 0 Å². The number of aliphatic hydroxyl groups is 1. The Bertz CT molecular complexity index is 640. The van der Waals surface area contributed by atoms with Crippen molar-refractivity contribution in [1.82, 2.24) is 4.90 Å². The Morgan fingerprint density at radius 3 is 2.75 bits per heavy atom. The van der Waals surface area contributed by atoms with Crippen molar-refractivity contribution in [2.75, 3.05) is 37.7 Å². The monoisotopic (exact) mass is 334 g/mol. The average molecular weight is 334 g/mol. The number of amides is 2. The molecule has 3 rings (SSSR count). The van der Waals surface area contributed by atoms with Crippen molar-refractivity contribution in [3.05, 3.63) is 23.8 Å². The molecule has 1 N–H and O–H groups in total. The molecule has 0 spiro atoms. The molecule has 2 heterocycles. The summed E-state index contributed by atoms with van der Waals surface area (Å²) in [4.78, 5) is 28.2. The standard InChI is InChI=1S/C17H22N2O5/c1-11(20)13-3-4-15-14(9-13)19(17(22)12(2)24-15)10-16(21)18-5-7-23-8-6-18/h3-4,9,11-12,20H,5-8,10H2,1-2H3/t11-,12+/m0/s1. The van der Waals surface area contributed by atoms with Crippen LogP contribution in [0.2, 0.25) is 0 Å². The molecule has 130 valence electrons. The fraction of sp³-hybridized carbons (Fsp3) is 0.529. The highest BCUT2D eigenvalue weighted by Gasteiger charge is 2.34. The van der Waals surface area contributed by atoms with Crippen molar-refractivity contribution in [3.63, 3.8) is 0 Å². The van der Waals surface area contributed by atoms with Crippen LogP contribution in [0.5, 0.6) is 5.75 Å². The number of benzene rings is 1. The predicted molar refractivity (Wildman–Crippen MR) is 86.9 cm³/mol. The molecule has 0 unspecified atom stereocenters. The third-order valence-corrected chi connectivity index (χ3v) is 4.33. The van der Waals surface area contributed by atoms with Crippen LogP contribution in [0, 0.1) is 0 Å². The van der Waals surface area contributed by atoms with Crippen LogP contribution in [-0.2, 0) is 14.3 Å². The third kappa shape index (κ3) is 3.22.